The van der Waals surface area contributed by atoms with Crippen molar-refractivity contribution in [3.8, 4) is 5.75 Å². The third-order valence-electron chi connectivity index (χ3n) is 2.46. The summed E-state index contributed by atoms with van der Waals surface area (Å²) >= 11 is 0. The highest BCUT2D eigenvalue weighted by molar-refractivity contribution is 7.46. The van der Waals surface area contributed by atoms with Gasteiger partial charge in [0.15, 0.2) is 0 Å². The zero-order chi connectivity index (χ0) is 16.0. The van der Waals surface area contributed by atoms with E-state index in [1.807, 2.05) is 13.8 Å². The van der Waals surface area contributed by atoms with Crippen LogP contribution in [-0.4, -0.2) is 28.4 Å². The number of ether oxygens (including phenoxy) is 1. The number of phosphoric ester groups is 1. The van der Waals surface area contributed by atoms with Gasteiger partial charge >= 0.3 is 13.8 Å². The molecule has 0 aliphatic heterocycles. The lowest BCUT2D eigenvalue weighted by Crippen LogP contribution is -2.35. The van der Waals surface area contributed by atoms with Crippen LogP contribution in [0.1, 0.15) is 19.4 Å². The summed E-state index contributed by atoms with van der Waals surface area (Å²) in [5, 5.41) is 0. The highest BCUT2D eigenvalue weighted by Crippen LogP contribution is 2.37. The molecule has 0 amide bonds. The van der Waals surface area contributed by atoms with E-state index in [2.05, 4.69) is 4.52 Å². The van der Waals surface area contributed by atoms with Gasteiger partial charge in [0.2, 0.25) is 0 Å². The van der Waals surface area contributed by atoms with Gasteiger partial charge in [0.25, 0.3) is 0 Å². The van der Waals surface area contributed by atoms with E-state index in [0.29, 0.717) is 6.61 Å². The van der Waals surface area contributed by atoms with Crippen LogP contribution in [0, 0.1) is 5.92 Å². The molecule has 1 atom stereocenters. The van der Waals surface area contributed by atoms with Crippen LogP contribution in [0.2, 0.25) is 0 Å². The van der Waals surface area contributed by atoms with Crippen LogP contribution in [0.5, 0.6) is 5.75 Å². The number of hydrogen-bond acceptors (Lipinski definition) is 5. The molecule has 1 aromatic carbocycles. The van der Waals surface area contributed by atoms with Gasteiger partial charge < -0.3 is 15.0 Å². The van der Waals surface area contributed by atoms with Gasteiger partial charge in [-0.1, -0.05) is 26.0 Å². The first-order valence-corrected chi connectivity index (χ1v) is 7.96. The van der Waals surface area contributed by atoms with Gasteiger partial charge in [-0.3, -0.25) is 14.6 Å². The van der Waals surface area contributed by atoms with Gasteiger partial charge in [0, 0.05) is 0 Å². The van der Waals surface area contributed by atoms with Crippen molar-refractivity contribution in [2.75, 3.05) is 6.61 Å². The first kappa shape index (κ1) is 17.7. The summed E-state index contributed by atoms with van der Waals surface area (Å²) in [4.78, 5) is 29.0. The van der Waals surface area contributed by atoms with Crippen molar-refractivity contribution in [2.45, 2.75) is 26.3 Å². The number of carbonyl (C=O) groups excluding carboxylic acids is 1. The van der Waals surface area contributed by atoms with Gasteiger partial charge in [-0.05, 0) is 30.0 Å². The third-order valence-corrected chi connectivity index (χ3v) is 2.91. The number of carbonyl (C=O) groups is 1. The fraction of sp³-hybridized carbons (Fsp3) is 0.462. The summed E-state index contributed by atoms with van der Waals surface area (Å²) in [6.07, 6.45) is 0.271. The largest absolute Gasteiger partial charge is 0.524 e. The van der Waals surface area contributed by atoms with Gasteiger partial charge in [-0.15, -0.1) is 0 Å². The number of hydrogen-bond donors (Lipinski definition) is 3. The van der Waals surface area contributed by atoms with Crippen molar-refractivity contribution in [3.63, 3.8) is 0 Å². The first-order chi connectivity index (χ1) is 9.67. The molecule has 0 aliphatic rings. The number of nitrogens with two attached hydrogens (primary N) is 1. The van der Waals surface area contributed by atoms with Crippen LogP contribution < -0.4 is 10.3 Å². The summed E-state index contributed by atoms with van der Waals surface area (Å²) in [5.41, 5.74) is 6.48. The average molecular weight is 317 g/mol. The SMILES string of the molecule is CC(C)COC(=O)[C@@H](N)Cc1ccc(OP(=O)(O)O)cc1. The summed E-state index contributed by atoms with van der Waals surface area (Å²) in [6, 6.07) is 5.19. The number of benzene rings is 1. The predicted octanol–water partition coefficient (Wildman–Crippen LogP) is 1.23. The van der Waals surface area contributed by atoms with Crippen molar-refractivity contribution >= 4 is 13.8 Å². The van der Waals surface area contributed by atoms with Crippen molar-refractivity contribution in [3.05, 3.63) is 29.8 Å². The predicted molar refractivity (Wildman–Crippen MR) is 76.6 cm³/mol. The molecule has 0 saturated carbocycles. The molecule has 1 aromatic rings. The van der Waals surface area contributed by atoms with Crippen LogP contribution in [0.4, 0.5) is 0 Å². The Bertz CT molecular complexity index is 510. The number of esters is 1. The van der Waals surface area contributed by atoms with Crippen molar-refractivity contribution in [1.82, 2.24) is 0 Å². The molecule has 0 fully saturated rings. The molecule has 0 aromatic heterocycles. The Balaban J connectivity index is 2.55. The van der Waals surface area contributed by atoms with E-state index in [1.165, 1.54) is 12.1 Å². The average Bonchev–Trinajstić information content (AvgIpc) is 2.36. The smallest absolute Gasteiger partial charge is 0.464 e. The second kappa shape index (κ2) is 7.56. The monoisotopic (exact) mass is 317 g/mol. The Morgan fingerprint density at radius 2 is 1.86 bits per heavy atom. The molecular weight excluding hydrogens is 297 g/mol. The molecule has 0 aliphatic carbocycles. The normalized spacial score (nSPS) is 13.0. The molecule has 118 valence electrons. The highest BCUT2D eigenvalue weighted by atomic mass is 31.2. The van der Waals surface area contributed by atoms with E-state index in [1.54, 1.807) is 12.1 Å². The van der Waals surface area contributed by atoms with Gasteiger partial charge in [0.05, 0.1) is 6.61 Å². The van der Waals surface area contributed by atoms with E-state index in [9.17, 15) is 9.36 Å². The minimum absolute atomic E-state index is 0.0445. The summed E-state index contributed by atoms with van der Waals surface area (Å²) in [5.74, 6) is -0.187. The van der Waals surface area contributed by atoms with E-state index >= 15 is 0 Å². The Kier molecular flexibility index (Phi) is 6.36. The standard InChI is InChI=1S/C13H20NO6P/c1-9(2)8-19-13(15)12(14)7-10-3-5-11(6-4-10)20-21(16,17)18/h3-6,9,12H,7-8,14H2,1-2H3,(H2,16,17,18)/t12-/m0/s1. The van der Waals surface area contributed by atoms with Crippen molar-refractivity contribution < 1.29 is 28.4 Å². The maximum atomic E-state index is 11.6. The quantitative estimate of drug-likeness (QED) is 0.511. The van der Waals surface area contributed by atoms with Crippen LogP contribution in [0.15, 0.2) is 24.3 Å². The Hall–Kier alpha value is -1.40. The van der Waals surface area contributed by atoms with Gasteiger partial charge in [-0.2, -0.15) is 0 Å². The molecule has 0 bridgehead atoms. The topological polar surface area (TPSA) is 119 Å². The lowest BCUT2D eigenvalue weighted by Gasteiger charge is -2.13. The van der Waals surface area contributed by atoms with Crippen molar-refractivity contribution in [2.24, 2.45) is 11.7 Å². The van der Waals surface area contributed by atoms with E-state index in [4.69, 9.17) is 20.3 Å². The highest BCUT2D eigenvalue weighted by Gasteiger charge is 2.18. The Morgan fingerprint density at radius 1 is 1.29 bits per heavy atom. The van der Waals surface area contributed by atoms with E-state index in [-0.39, 0.29) is 18.1 Å². The van der Waals surface area contributed by atoms with Crippen LogP contribution >= 0.6 is 7.82 Å². The van der Waals surface area contributed by atoms with Crippen molar-refractivity contribution in [1.29, 1.82) is 0 Å². The number of rotatable bonds is 7. The first-order valence-electron chi connectivity index (χ1n) is 6.43. The molecule has 1 rings (SSSR count). The molecule has 0 unspecified atom stereocenters. The zero-order valence-corrected chi connectivity index (χ0v) is 12.8. The molecule has 7 nitrogen and oxygen atoms in total. The summed E-state index contributed by atoms with van der Waals surface area (Å²) < 4.78 is 20.1. The molecule has 0 saturated heterocycles. The maximum Gasteiger partial charge on any atom is 0.524 e. The lowest BCUT2D eigenvalue weighted by molar-refractivity contribution is -0.146. The van der Waals surface area contributed by atoms with Gasteiger partial charge in [-0.25, -0.2) is 4.57 Å². The maximum absolute atomic E-state index is 11.6. The second-order valence-corrected chi connectivity index (χ2v) is 6.22. The van der Waals surface area contributed by atoms with Crippen LogP contribution in [0.3, 0.4) is 0 Å². The van der Waals surface area contributed by atoms with E-state index < -0.39 is 19.8 Å². The molecule has 0 spiro atoms. The molecule has 0 radical (unpaired) electrons. The Labute approximate surface area is 123 Å². The minimum atomic E-state index is -4.56. The molecular formula is C13H20NO6P. The summed E-state index contributed by atoms with van der Waals surface area (Å²) in [6.45, 7) is 4.18. The molecule has 21 heavy (non-hydrogen) atoms. The molecule has 0 heterocycles. The fourth-order valence-electron chi connectivity index (χ4n) is 1.52. The minimum Gasteiger partial charge on any atom is -0.464 e. The third kappa shape index (κ3) is 7.24. The fourth-order valence-corrected chi connectivity index (χ4v) is 1.91. The van der Waals surface area contributed by atoms with E-state index in [0.717, 1.165) is 5.56 Å². The van der Waals surface area contributed by atoms with Gasteiger partial charge in [0.1, 0.15) is 11.8 Å². The lowest BCUT2D eigenvalue weighted by atomic mass is 10.1. The summed E-state index contributed by atoms with van der Waals surface area (Å²) in [7, 11) is -4.56. The zero-order valence-electron chi connectivity index (χ0n) is 11.9. The molecule has 8 heteroatoms. The van der Waals surface area contributed by atoms with Crippen LogP contribution in [-0.2, 0) is 20.5 Å². The second-order valence-electron chi connectivity index (χ2n) is 5.06. The number of phosphoric acid groups is 1. The molecule has 4 N–H and O–H groups in total. The van der Waals surface area contributed by atoms with Crippen LogP contribution in [0.25, 0.3) is 0 Å². The Morgan fingerprint density at radius 3 is 2.33 bits per heavy atom.